The third-order valence-electron chi connectivity index (χ3n) is 6.28. The lowest BCUT2D eigenvalue weighted by Crippen LogP contribution is -2.39. The van der Waals surface area contributed by atoms with Gasteiger partial charge in [-0.15, -0.1) is 11.8 Å². The molecule has 2 aliphatic heterocycles. The van der Waals surface area contributed by atoms with Crippen molar-refractivity contribution in [1.29, 1.82) is 0 Å². The third kappa shape index (κ3) is 4.75. The fraction of sp³-hybridized carbons (Fsp3) is 0.375. The minimum absolute atomic E-state index is 0.0381. The molecule has 2 heterocycles. The fourth-order valence-electron chi connectivity index (χ4n) is 4.39. The van der Waals surface area contributed by atoms with Gasteiger partial charge in [0.2, 0.25) is 17.7 Å². The van der Waals surface area contributed by atoms with E-state index in [4.69, 9.17) is 5.73 Å². The lowest BCUT2D eigenvalue weighted by Gasteiger charge is -2.33. The van der Waals surface area contributed by atoms with Crippen molar-refractivity contribution in [1.82, 2.24) is 0 Å². The second kappa shape index (κ2) is 9.65. The Morgan fingerprint density at radius 2 is 1.72 bits per heavy atom. The third-order valence-corrected chi connectivity index (χ3v) is 7.02. The van der Waals surface area contributed by atoms with Gasteiger partial charge in [0.15, 0.2) is 0 Å². The van der Waals surface area contributed by atoms with E-state index in [1.165, 1.54) is 0 Å². The van der Waals surface area contributed by atoms with Crippen molar-refractivity contribution in [2.75, 3.05) is 41.0 Å². The number of rotatable bonds is 6. The number of amides is 3. The molecule has 0 radical (unpaired) electrons. The standard InChI is InChI=1S/C24H28N4O3S/c1-32-19-8-6-18(7-9-19)28-15-17(14-22(28)29)24(31)26-20-4-2-3-5-21(20)27-12-10-16(11-13-27)23(25)30/h2-9,16-17H,10-15H2,1H3,(H2,25,30)(H,26,31). The first kappa shape index (κ1) is 22.2. The summed E-state index contributed by atoms with van der Waals surface area (Å²) in [5.74, 6) is -0.931. The minimum Gasteiger partial charge on any atom is -0.370 e. The zero-order valence-electron chi connectivity index (χ0n) is 18.1. The summed E-state index contributed by atoms with van der Waals surface area (Å²) in [5.41, 5.74) is 7.92. The van der Waals surface area contributed by atoms with Gasteiger partial charge in [-0.3, -0.25) is 14.4 Å². The van der Waals surface area contributed by atoms with Crippen molar-refractivity contribution in [2.45, 2.75) is 24.2 Å². The Morgan fingerprint density at radius 3 is 2.38 bits per heavy atom. The average molecular weight is 453 g/mol. The number of carbonyl (C=O) groups excluding carboxylic acids is 3. The monoisotopic (exact) mass is 452 g/mol. The summed E-state index contributed by atoms with van der Waals surface area (Å²) >= 11 is 1.65. The predicted molar refractivity (Wildman–Crippen MR) is 128 cm³/mol. The van der Waals surface area contributed by atoms with E-state index in [0.717, 1.165) is 22.0 Å². The normalized spacial score (nSPS) is 19.3. The molecule has 0 aromatic heterocycles. The molecular weight excluding hydrogens is 424 g/mol. The molecule has 0 aliphatic carbocycles. The largest absolute Gasteiger partial charge is 0.370 e. The molecule has 0 saturated carbocycles. The van der Waals surface area contributed by atoms with Gasteiger partial charge in [-0.1, -0.05) is 12.1 Å². The van der Waals surface area contributed by atoms with Gasteiger partial charge >= 0.3 is 0 Å². The lowest BCUT2D eigenvalue weighted by atomic mass is 9.96. The number of primary amides is 1. The highest BCUT2D eigenvalue weighted by molar-refractivity contribution is 7.98. The Labute approximate surface area is 192 Å². The van der Waals surface area contributed by atoms with Crippen molar-refractivity contribution >= 4 is 46.5 Å². The summed E-state index contributed by atoms with van der Waals surface area (Å²) in [6.07, 6.45) is 3.62. The van der Waals surface area contributed by atoms with Crippen LogP contribution >= 0.6 is 11.8 Å². The molecule has 32 heavy (non-hydrogen) atoms. The van der Waals surface area contributed by atoms with E-state index in [1.807, 2.05) is 54.8 Å². The van der Waals surface area contributed by atoms with E-state index < -0.39 is 5.92 Å². The first-order valence-electron chi connectivity index (χ1n) is 10.8. The van der Waals surface area contributed by atoms with Crippen LogP contribution in [0.4, 0.5) is 17.1 Å². The van der Waals surface area contributed by atoms with E-state index >= 15 is 0 Å². The molecule has 8 heteroatoms. The van der Waals surface area contributed by atoms with Gasteiger partial charge in [0.05, 0.1) is 17.3 Å². The molecule has 2 fully saturated rings. The van der Waals surface area contributed by atoms with Crippen LogP contribution in [0.2, 0.25) is 0 Å². The highest BCUT2D eigenvalue weighted by Crippen LogP contribution is 2.32. The summed E-state index contributed by atoms with van der Waals surface area (Å²) in [4.78, 5) is 42.1. The van der Waals surface area contributed by atoms with Crippen LogP contribution in [-0.2, 0) is 14.4 Å². The Bertz CT molecular complexity index is 1000. The van der Waals surface area contributed by atoms with E-state index in [-0.39, 0.29) is 30.1 Å². The Balaban J connectivity index is 1.42. The number of hydrogen-bond donors (Lipinski definition) is 2. The Morgan fingerprint density at radius 1 is 1.03 bits per heavy atom. The van der Waals surface area contributed by atoms with Crippen LogP contribution in [0.5, 0.6) is 0 Å². The maximum absolute atomic E-state index is 13.0. The van der Waals surface area contributed by atoms with E-state index in [0.29, 0.717) is 32.5 Å². The van der Waals surface area contributed by atoms with Crippen LogP contribution in [0.15, 0.2) is 53.4 Å². The fourth-order valence-corrected chi connectivity index (χ4v) is 4.80. The minimum atomic E-state index is -0.406. The smallest absolute Gasteiger partial charge is 0.229 e. The average Bonchev–Trinajstić information content (AvgIpc) is 3.21. The van der Waals surface area contributed by atoms with Crippen LogP contribution < -0.4 is 20.9 Å². The summed E-state index contributed by atoms with van der Waals surface area (Å²) < 4.78 is 0. The van der Waals surface area contributed by atoms with Crippen molar-refractivity contribution in [3.05, 3.63) is 48.5 Å². The van der Waals surface area contributed by atoms with Crippen LogP contribution in [0.25, 0.3) is 0 Å². The predicted octanol–water partition coefficient (Wildman–Crippen LogP) is 3.10. The molecule has 1 atom stereocenters. The molecule has 2 aromatic carbocycles. The number of piperidine rings is 1. The molecule has 2 aliphatic rings. The second-order valence-corrected chi connectivity index (χ2v) is 9.15. The van der Waals surface area contributed by atoms with Gasteiger partial charge < -0.3 is 20.9 Å². The number of nitrogens with two attached hydrogens (primary N) is 1. The molecule has 0 bridgehead atoms. The summed E-state index contributed by atoms with van der Waals surface area (Å²) in [5, 5.41) is 3.04. The van der Waals surface area contributed by atoms with Gasteiger partial charge in [0.25, 0.3) is 0 Å². The first-order valence-corrected chi connectivity index (χ1v) is 12.1. The summed E-state index contributed by atoms with van der Waals surface area (Å²) in [7, 11) is 0. The van der Waals surface area contributed by atoms with Crippen molar-refractivity contribution < 1.29 is 14.4 Å². The number of hydrogen-bond acceptors (Lipinski definition) is 5. The molecule has 168 valence electrons. The molecule has 2 aromatic rings. The van der Waals surface area contributed by atoms with Crippen molar-refractivity contribution in [2.24, 2.45) is 17.6 Å². The van der Waals surface area contributed by atoms with Crippen LogP contribution in [0, 0.1) is 11.8 Å². The first-order chi connectivity index (χ1) is 15.5. The van der Waals surface area contributed by atoms with Crippen LogP contribution in [0.1, 0.15) is 19.3 Å². The van der Waals surface area contributed by atoms with Crippen molar-refractivity contribution in [3.63, 3.8) is 0 Å². The molecule has 3 amide bonds. The van der Waals surface area contributed by atoms with E-state index in [9.17, 15) is 14.4 Å². The highest BCUT2D eigenvalue weighted by atomic mass is 32.2. The number of thioether (sulfide) groups is 1. The highest BCUT2D eigenvalue weighted by Gasteiger charge is 2.35. The van der Waals surface area contributed by atoms with Crippen LogP contribution in [-0.4, -0.2) is 43.6 Å². The summed E-state index contributed by atoms with van der Waals surface area (Å²) in [6, 6.07) is 15.5. The van der Waals surface area contributed by atoms with E-state index in [2.05, 4.69) is 10.2 Å². The number of benzene rings is 2. The Hall–Kier alpha value is -3.00. The summed E-state index contributed by atoms with van der Waals surface area (Å²) in [6.45, 7) is 1.79. The van der Waals surface area contributed by atoms with Crippen LogP contribution in [0.3, 0.4) is 0 Å². The quantitative estimate of drug-likeness (QED) is 0.657. The van der Waals surface area contributed by atoms with E-state index in [1.54, 1.807) is 16.7 Å². The molecule has 7 nitrogen and oxygen atoms in total. The zero-order valence-corrected chi connectivity index (χ0v) is 18.9. The molecule has 3 N–H and O–H groups in total. The topological polar surface area (TPSA) is 95.7 Å². The SMILES string of the molecule is CSc1ccc(N2CC(C(=O)Nc3ccccc3N3CCC(C(N)=O)CC3)CC2=O)cc1. The molecule has 2 saturated heterocycles. The van der Waals surface area contributed by atoms with Gasteiger partial charge in [-0.2, -0.15) is 0 Å². The number of carbonyl (C=O) groups is 3. The number of anilines is 3. The zero-order chi connectivity index (χ0) is 22.7. The number of nitrogens with zero attached hydrogens (tertiary/aromatic N) is 2. The molecule has 4 rings (SSSR count). The van der Waals surface area contributed by atoms with Gasteiger partial charge in [0, 0.05) is 42.6 Å². The maximum atomic E-state index is 13.0. The number of para-hydroxylation sites is 2. The second-order valence-electron chi connectivity index (χ2n) is 8.27. The van der Waals surface area contributed by atoms with Gasteiger partial charge in [0.1, 0.15) is 0 Å². The van der Waals surface area contributed by atoms with Gasteiger partial charge in [-0.05, 0) is 55.5 Å². The maximum Gasteiger partial charge on any atom is 0.229 e. The number of nitrogens with one attached hydrogen (secondary N) is 1. The van der Waals surface area contributed by atoms with Gasteiger partial charge in [-0.25, -0.2) is 0 Å². The molecule has 0 spiro atoms. The van der Waals surface area contributed by atoms with Crippen molar-refractivity contribution in [3.8, 4) is 0 Å². The molecular formula is C24H28N4O3S. The molecule has 1 unspecified atom stereocenters. The Kier molecular flexibility index (Phi) is 6.69. The lowest BCUT2D eigenvalue weighted by molar-refractivity contribution is -0.122.